The average Bonchev–Trinajstić information content (AvgIpc) is 2.39. The minimum atomic E-state index is -0.737. The van der Waals surface area contributed by atoms with Crippen LogP contribution in [0.1, 0.15) is 20.8 Å². The standard InChI is InChI=1S/C14H17FN4O2S/c1-14(2,3)21-13(20)19-11-6-5-9(7-10(11)15)18-12(22-4)17-8-16/h5-7H,1-4H3,(H,17,18)(H,19,20). The number of aliphatic imine (C=N–C) groups is 1. The Morgan fingerprint density at radius 1 is 1.45 bits per heavy atom. The van der Waals surface area contributed by atoms with Gasteiger partial charge in [0.2, 0.25) is 0 Å². The largest absolute Gasteiger partial charge is 0.444 e. The first-order valence-electron chi connectivity index (χ1n) is 6.32. The van der Waals surface area contributed by atoms with Gasteiger partial charge >= 0.3 is 6.09 Å². The lowest BCUT2D eigenvalue weighted by Crippen LogP contribution is -2.27. The Kier molecular flexibility index (Phi) is 6.19. The van der Waals surface area contributed by atoms with Gasteiger partial charge in [0.05, 0.1) is 11.4 Å². The van der Waals surface area contributed by atoms with Crippen LogP contribution in [0.25, 0.3) is 0 Å². The highest BCUT2D eigenvalue weighted by Gasteiger charge is 2.17. The van der Waals surface area contributed by atoms with E-state index in [4.69, 9.17) is 10.00 Å². The minimum Gasteiger partial charge on any atom is -0.444 e. The molecule has 0 aliphatic carbocycles. The lowest BCUT2D eigenvalue weighted by Gasteiger charge is -2.19. The van der Waals surface area contributed by atoms with Crippen molar-refractivity contribution in [2.24, 2.45) is 4.99 Å². The molecule has 0 unspecified atom stereocenters. The van der Waals surface area contributed by atoms with Crippen LogP contribution in [0.3, 0.4) is 0 Å². The van der Waals surface area contributed by atoms with Gasteiger partial charge in [-0.15, -0.1) is 0 Å². The summed E-state index contributed by atoms with van der Waals surface area (Å²) in [6, 6.07) is 4.05. The van der Waals surface area contributed by atoms with E-state index in [9.17, 15) is 9.18 Å². The van der Waals surface area contributed by atoms with Crippen molar-refractivity contribution in [2.45, 2.75) is 26.4 Å². The van der Waals surface area contributed by atoms with Crippen molar-refractivity contribution in [3.8, 4) is 6.19 Å². The van der Waals surface area contributed by atoms with Crippen LogP contribution < -0.4 is 10.6 Å². The zero-order valence-electron chi connectivity index (χ0n) is 12.7. The Bertz CT molecular complexity index is 620. The molecule has 0 fully saturated rings. The van der Waals surface area contributed by atoms with Crippen molar-refractivity contribution < 1.29 is 13.9 Å². The molecule has 0 heterocycles. The van der Waals surface area contributed by atoms with Crippen LogP contribution in [0, 0.1) is 17.3 Å². The molecule has 0 saturated heterocycles. The molecule has 1 amide bonds. The summed E-state index contributed by atoms with van der Waals surface area (Å²) in [6.45, 7) is 5.15. The van der Waals surface area contributed by atoms with Crippen molar-refractivity contribution in [1.29, 1.82) is 5.26 Å². The second-order valence-electron chi connectivity index (χ2n) is 5.15. The van der Waals surface area contributed by atoms with Gasteiger partial charge in [-0.25, -0.2) is 14.2 Å². The summed E-state index contributed by atoms with van der Waals surface area (Å²) in [7, 11) is 0. The minimum absolute atomic E-state index is 0.00727. The Morgan fingerprint density at radius 3 is 2.64 bits per heavy atom. The number of hydrogen-bond acceptors (Lipinski definition) is 5. The molecule has 0 spiro atoms. The van der Waals surface area contributed by atoms with E-state index in [0.29, 0.717) is 10.9 Å². The second kappa shape index (κ2) is 7.66. The molecule has 0 aliphatic heterocycles. The van der Waals surface area contributed by atoms with E-state index < -0.39 is 17.5 Å². The number of carbonyl (C=O) groups excluding carboxylic acids is 1. The summed E-state index contributed by atoms with van der Waals surface area (Å²) in [4.78, 5) is 15.7. The number of carbonyl (C=O) groups is 1. The van der Waals surface area contributed by atoms with Crippen molar-refractivity contribution in [2.75, 3.05) is 11.6 Å². The number of halogens is 1. The molecule has 0 radical (unpaired) electrons. The van der Waals surface area contributed by atoms with Gasteiger partial charge < -0.3 is 4.74 Å². The van der Waals surface area contributed by atoms with Gasteiger partial charge in [-0.05, 0) is 39.2 Å². The molecule has 1 aromatic carbocycles. The molecule has 1 rings (SSSR count). The summed E-state index contributed by atoms with van der Waals surface area (Å²) in [5.41, 5.74) is -0.354. The molecule has 0 bridgehead atoms. The molecule has 0 aromatic heterocycles. The molecule has 6 nitrogen and oxygen atoms in total. The van der Waals surface area contributed by atoms with Crippen LogP contribution in [0.5, 0.6) is 0 Å². The van der Waals surface area contributed by atoms with Crippen LogP contribution >= 0.6 is 11.8 Å². The molecular weight excluding hydrogens is 307 g/mol. The Hall–Kier alpha value is -2.27. The maximum absolute atomic E-state index is 14.0. The number of anilines is 1. The molecule has 2 N–H and O–H groups in total. The summed E-state index contributed by atoms with van der Waals surface area (Å²) in [5, 5.41) is 13.6. The van der Waals surface area contributed by atoms with E-state index in [1.807, 2.05) is 0 Å². The fourth-order valence-electron chi connectivity index (χ4n) is 1.38. The fourth-order valence-corrected chi connectivity index (χ4v) is 1.72. The number of nitrogens with zero attached hydrogens (tertiary/aromatic N) is 2. The topological polar surface area (TPSA) is 86.5 Å². The van der Waals surface area contributed by atoms with Crippen molar-refractivity contribution >= 4 is 34.4 Å². The molecule has 8 heteroatoms. The van der Waals surface area contributed by atoms with Crippen LogP contribution in [-0.4, -0.2) is 23.1 Å². The predicted molar refractivity (Wildman–Crippen MR) is 85.6 cm³/mol. The lowest BCUT2D eigenvalue weighted by molar-refractivity contribution is 0.0635. The number of hydrogen-bond donors (Lipinski definition) is 2. The highest BCUT2D eigenvalue weighted by molar-refractivity contribution is 8.13. The maximum Gasteiger partial charge on any atom is 0.412 e. The number of amidine groups is 1. The fraction of sp³-hybridized carbons (Fsp3) is 0.357. The van der Waals surface area contributed by atoms with Crippen molar-refractivity contribution in [3.05, 3.63) is 24.0 Å². The Morgan fingerprint density at radius 2 is 2.14 bits per heavy atom. The van der Waals surface area contributed by atoms with Gasteiger partial charge in [0.15, 0.2) is 11.4 Å². The quantitative estimate of drug-likeness (QED) is 0.376. The SMILES string of the molecule is CSC(=Nc1ccc(NC(=O)OC(C)(C)C)c(F)c1)NC#N. The summed E-state index contributed by atoms with van der Waals surface area (Å²) in [6.07, 6.45) is 2.74. The molecule has 118 valence electrons. The second-order valence-corrected chi connectivity index (χ2v) is 5.94. The summed E-state index contributed by atoms with van der Waals surface area (Å²) in [5.74, 6) is -0.649. The van der Waals surface area contributed by atoms with Crippen LogP contribution in [0.2, 0.25) is 0 Å². The van der Waals surface area contributed by atoms with Crippen molar-refractivity contribution in [3.63, 3.8) is 0 Å². The average molecular weight is 324 g/mol. The predicted octanol–water partition coefficient (Wildman–Crippen LogP) is 3.59. The van der Waals surface area contributed by atoms with Gasteiger partial charge in [-0.3, -0.25) is 10.6 Å². The van der Waals surface area contributed by atoms with E-state index in [2.05, 4.69) is 15.6 Å². The monoisotopic (exact) mass is 324 g/mol. The van der Waals surface area contributed by atoms with Crippen LogP contribution in [-0.2, 0) is 4.74 Å². The normalized spacial score (nSPS) is 11.5. The number of nitrogens with one attached hydrogen (secondary N) is 2. The smallest absolute Gasteiger partial charge is 0.412 e. The number of ether oxygens (including phenoxy) is 1. The van der Waals surface area contributed by atoms with E-state index in [-0.39, 0.29) is 5.69 Å². The van der Waals surface area contributed by atoms with Gasteiger partial charge in [0.1, 0.15) is 11.4 Å². The van der Waals surface area contributed by atoms with Gasteiger partial charge in [0.25, 0.3) is 0 Å². The summed E-state index contributed by atoms with van der Waals surface area (Å²) < 4.78 is 19.0. The summed E-state index contributed by atoms with van der Waals surface area (Å²) >= 11 is 1.22. The molecule has 22 heavy (non-hydrogen) atoms. The number of rotatable bonds is 2. The highest BCUT2D eigenvalue weighted by atomic mass is 32.2. The maximum atomic E-state index is 14.0. The first-order chi connectivity index (χ1) is 10.2. The molecule has 0 aliphatic rings. The first kappa shape index (κ1) is 17.8. The molecule has 0 atom stereocenters. The number of amides is 1. The van der Waals surface area contributed by atoms with E-state index >= 15 is 0 Å². The Labute approximate surface area is 132 Å². The lowest BCUT2D eigenvalue weighted by atomic mass is 10.2. The van der Waals surface area contributed by atoms with E-state index in [1.165, 1.54) is 23.9 Å². The van der Waals surface area contributed by atoms with Gasteiger partial charge in [-0.2, -0.15) is 5.26 Å². The first-order valence-corrected chi connectivity index (χ1v) is 7.55. The third kappa shape index (κ3) is 6.01. The third-order valence-corrected chi connectivity index (χ3v) is 2.76. The zero-order valence-corrected chi connectivity index (χ0v) is 13.5. The highest BCUT2D eigenvalue weighted by Crippen LogP contribution is 2.22. The number of benzene rings is 1. The van der Waals surface area contributed by atoms with Gasteiger partial charge in [0, 0.05) is 6.07 Å². The number of nitriles is 1. The molecule has 0 saturated carbocycles. The molecular formula is C14H17FN4O2S. The van der Waals surface area contributed by atoms with Crippen molar-refractivity contribution in [1.82, 2.24) is 5.32 Å². The van der Waals surface area contributed by atoms with E-state index in [0.717, 1.165) is 6.07 Å². The Balaban J connectivity index is 2.86. The van der Waals surface area contributed by atoms with Crippen LogP contribution in [0.4, 0.5) is 20.6 Å². The van der Waals surface area contributed by atoms with E-state index in [1.54, 1.807) is 33.2 Å². The zero-order chi connectivity index (χ0) is 16.8. The van der Waals surface area contributed by atoms with Gasteiger partial charge in [-0.1, -0.05) is 11.8 Å². The number of thioether (sulfide) groups is 1. The molecule has 1 aromatic rings. The third-order valence-electron chi connectivity index (χ3n) is 2.18. The van der Waals surface area contributed by atoms with Crippen LogP contribution in [0.15, 0.2) is 23.2 Å².